The lowest BCUT2D eigenvalue weighted by atomic mass is 10.1. The van der Waals surface area contributed by atoms with Gasteiger partial charge in [-0.3, -0.25) is 9.78 Å². The van der Waals surface area contributed by atoms with Crippen molar-refractivity contribution in [3.63, 3.8) is 0 Å². The second-order valence-corrected chi connectivity index (χ2v) is 5.76. The van der Waals surface area contributed by atoms with E-state index in [2.05, 4.69) is 20.1 Å². The van der Waals surface area contributed by atoms with Gasteiger partial charge < -0.3 is 18.9 Å². The predicted octanol–water partition coefficient (Wildman–Crippen LogP) is 1.07. The predicted molar refractivity (Wildman–Crippen MR) is 86.2 cm³/mol. The summed E-state index contributed by atoms with van der Waals surface area (Å²) in [5, 5.41) is 3.88. The normalized spacial score (nSPS) is 17.6. The van der Waals surface area contributed by atoms with Gasteiger partial charge in [0.15, 0.2) is 0 Å². The summed E-state index contributed by atoms with van der Waals surface area (Å²) >= 11 is 0. The van der Waals surface area contributed by atoms with Crippen LogP contribution in [0, 0.1) is 0 Å². The summed E-state index contributed by atoms with van der Waals surface area (Å²) < 4.78 is 16.0. The van der Waals surface area contributed by atoms with Crippen LogP contribution in [0.3, 0.4) is 0 Å². The second kappa shape index (κ2) is 8.63. The van der Waals surface area contributed by atoms with Gasteiger partial charge >= 0.3 is 0 Å². The Balaban J connectivity index is 1.50. The molecule has 1 aliphatic rings. The van der Waals surface area contributed by atoms with Gasteiger partial charge in [-0.25, -0.2) is 4.98 Å². The molecule has 25 heavy (non-hydrogen) atoms. The number of hydrogen-bond acceptors (Lipinski definition) is 8. The van der Waals surface area contributed by atoms with Crippen molar-refractivity contribution in [1.29, 1.82) is 0 Å². The molecule has 0 aromatic carbocycles. The highest BCUT2D eigenvalue weighted by Gasteiger charge is 2.24. The molecule has 3 rings (SSSR count). The van der Waals surface area contributed by atoms with Crippen LogP contribution in [0.2, 0.25) is 0 Å². The van der Waals surface area contributed by atoms with E-state index in [0.29, 0.717) is 37.0 Å². The Morgan fingerprint density at radius 3 is 3.16 bits per heavy atom. The average Bonchev–Trinajstić information content (AvgIpc) is 3.14. The third-order valence-electron chi connectivity index (χ3n) is 3.95. The Labute approximate surface area is 145 Å². The number of amides is 1. The third-order valence-corrected chi connectivity index (χ3v) is 3.95. The maximum atomic E-state index is 12.1. The number of likely N-dealkylation sites (tertiary alicyclic amines) is 1. The van der Waals surface area contributed by atoms with Gasteiger partial charge in [0, 0.05) is 32.6 Å². The van der Waals surface area contributed by atoms with Crippen LogP contribution in [0.25, 0.3) is 11.5 Å². The van der Waals surface area contributed by atoms with Crippen molar-refractivity contribution in [2.45, 2.75) is 32.0 Å². The molecule has 0 bridgehead atoms. The van der Waals surface area contributed by atoms with Crippen molar-refractivity contribution in [3.05, 3.63) is 24.5 Å². The van der Waals surface area contributed by atoms with Gasteiger partial charge in [0.2, 0.25) is 11.7 Å². The molecule has 1 atom stereocenters. The quantitative estimate of drug-likeness (QED) is 0.733. The van der Waals surface area contributed by atoms with Gasteiger partial charge in [0.05, 0.1) is 25.3 Å². The number of piperidine rings is 1. The fraction of sp³-hybridized carbons (Fsp3) is 0.562. The third kappa shape index (κ3) is 4.80. The van der Waals surface area contributed by atoms with E-state index in [9.17, 15) is 4.79 Å². The van der Waals surface area contributed by atoms with E-state index >= 15 is 0 Å². The molecular formula is C16H21N5O4. The number of aromatic nitrogens is 4. The maximum Gasteiger partial charge on any atom is 0.253 e. The van der Waals surface area contributed by atoms with Gasteiger partial charge in [-0.2, -0.15) is 4.98 Å². The van der Waals surface area contributed by atoms with Crippen molar-refractivity contribution in [1.82, 2.24) is 25.0 Å². The average molecular weight is 347 g/mol. The smallest absolute Gasteiger partial charge is 0.253 e. The van der Waals surface area contributed by atoms with Crippen molar-refractivity contribution in [3.8, 4) is 11.5 Å². The number of carbonyl (C=O) groups is 1. The van der Waals surface area contributed by atoms with E-state index in [-0.39, 0.29) is 18.6 Å². The lowest BCUT2D eigenvalue weighted by molar-refractivity contribution is -0.136. The SMILES string of the molecule is COCCC(=O)N1CCC[C@H](OCc2nc(-c3cnccn3)no2)C1. The monoisotopic (exact) mass is 347 g/mol. The van der Waals surface area contributed by atoms with E-state index in [4.69, 9.17) is 14.0 Å². The first kappa shape index (κ1) is 17.4. The molecule has 0 unspecified atom stereocenters. The number of rotatable bonds is 7. The first-order valence-electron chi connectivity index (χ1n) is 8.23. The van der Waals surface area contributed by atoms with Crippen LogP contribution < -0.4 is 0 Å². The lowest BCUT2D eigenvalue weighted by Gasteiger charge is -2.32. The molecule has 1 saturated heterocycles. The topological polar surface area (TPSA) is 103 Å². The Kier molecular flexibility index (Phi) is 6.02. The van der Waals surface area contributed by atoms with Crippen LogP contribution in [-0.4, -0.2) is 63.8 Å². The van der Waals surface area contributed by atoms with E-state index in [1.807, 2.05) is 4.90 Å². The first-order valence-corrected chi connectivity index (χ1v) is 8.23. The van der Waals surface area contributed by atoms with Crippen LogP contribution in [0.1, 0.15) is 25.2 Å². The number of hydrogen-bond donors (Lipinski definition) is 0. The van der Waals surface area contributed by atoms with Crippen LogP contribution in [0.4, 0.5) is 0 Å². The molecule has 0 aliphatic carbocycles. The van der Waals surface area contributed by atoms with Crippen LogP contribution in [-0.2, 0) is 20.9 Å². The fourth-order valence-corrected chi connectivity index (χ4v) is 2.67. The Morgan fingerprint density at radius 1 is 1.44 bits per heavy atom. The summed E-state index contributed by atoms with van der Waals surface area (Å²) in [5.41, 5.74) is 0.546. The molecule has 134 valence electrons. The number of nitrogens with zero attached hydrogens (tertiary/aromatic N) is 5. The van der Waals surface area contributed by atoms with Crippen molar-refractivity contribution < 1.29 is 18.8 Å². The Morgan fingerprint density at radius 2 is 2.36 bits per heavy atom. The van der Waals surface area contributed by atoms with Gasteiger partial charge in [-0.1, -0.05) is 5.16 Å². The van der Waals surface area contributed by atoms with Gasteiger partial charge in [-0.15, -0.1) is 0 Å². The van der Waals surface area contributed by atoms with Crippen LogP contribution in [0.5, 0.6) is 0 Å². The molecule has 1 amide bonds. The van der Waals surface area contributed by atoms with Gasteiger partial charge in [0.1, 0.15) is 12.3 Å². The first-order chi connectivity index (χ1) is 12.3. The zero-order chi connectivity index (χ0) is 17.5. The second-order valence-electron chi connectivity index (χ2n) is 5.76. The summed E-state index contributed by atoms with van der Waals surface area (Å²) in [6.07, 6.45) is 6.90. The molecule has 2 aromatic rings. The summed E-state index contributed by atoms with van der Waals surface area (Å²) in [6.45, 7) is 1.99. The molecular weight excluding hydrogens is 326 g/mol. The zero-order valence-electron chi connectivity index (χ0n) is 14.1. The Hall–Kier alpha value is -2.39. The molecule has 1 fully saturated rings. The minimum absolute atomic E-state index is 0.0351. The van der Waals surface area contributed by atoms with Gasteiger partial charge in [-0.05, 0) is 12.8 Å². The number of carbonyl (C=O) groups excluding carboxylic acids is 1. The molecule has 0 spiro atoms. The molecule has 9 heteroatoms. The minimum Gasteiger partial charge on any atom is -0.384 e. The molecule has 0 saturated carbocycles. The summed E-state index contributed by atoms with van der Waals surface area (Å²) in [6, 6.07) is 0. The van der Waals surface area contributed by atoms with Gasteiger partial charge in [0.25, 0.3) is 5.89 Å². The highest BCUT2D eigenvalue weighted by atomic mass is 16.5. The minimum atomic E-state index is -0.0351. The lowest BCUT2D eigenvalue weighted by Crippen LogP contribution is -2.43. The van der Waals surface area contributed by atoms with Crippen LogP contribution in [0.15, 0.2) is 23.1 Å². The van der Waals surface area contributed by atoms with Crippen LogP contribution >= 0.6 is 0 Å². The maximum absolute atomic E-state index is 12.1. The zero-order valence-corrected chi connectivity index (χ0v) is 14.1. The number of methoxy groups -OCH3 is 1. The molecule has 1 aliphatic heterocycles. The largest absolute Gasteiger partial charge is 0.384 e. The van der Waals surface area contributed by atoms with Crippen molar-refractivity contribution >= 4 is 5.91 Å². The Bertz CT molecular complexity index is 678. The summed E-state index contributed by atoms with van der Waals surface area (Å²) in [7, 11) is 1.59. The number of ether oxygens (including phenoxy) is 2. The van der Waals surface area contributed by atoms with E-state index in [1.165, 1.54) is 0 Å². The fourth-order valence-electron chi connectivity index (χ4n) is 2.67. The molecule has 3 heterocycles. The van der Waals surface area contributed by atoms with Crippen molar-refractivity contribution in [2.75, 3.05) is 26.8 Å². The molecule has 0 radical (unpaired) electrons. The van der Waals surface area contributed by atoms with E-state index in [0.717, 1.165) is 19.4 Å². The van der Waals surface area contributed by atoms with E-state index in [1.54, 1.807) is 25.7 Å². The molecule has 2 aromatic heterocycles. The summed E-state index contributed by atoms with van der Waals surface area (Å²) in [4.78, 5) is 26.3. The molecule has 9 nitrogen and oxygen atoms in total. The standard InChI is InChI=1S/C16H21N5O4/c1-23-8-4-15(22)21-7-2-3-12(10-21)24-11-14-19-16(20-25-14)13-9-17-5-6-18-13/h5-6,9,12H,2-4,7-8,10-11H2,1H3/t12-/m0/s1. The highest BCUT2D eigenvalue weighted by Crippen LogP contribution is 2.17. The summed E-state index contributed by atoms with van der Waals surface area (Å²) in [5.74, 6) is 0.855. The highest BCUT2D eigenvalue weighted by molar-refractivity contribution is 5.76. The van der Waals surface area contributed by atoms with Crippen molar-refractivity contribution in [2.24, 2.45) is 0 Å². The molecule has 0 N–H and O–H groups in total. The van der Waals surface area contributed by atoms with E-state index < -0.39 is 0 Å².